The molecule has 0 unspecified atom stereocenters. The molecular weight excluding hydrogens is 276 g/mol. The van der Waals surface area contributed by atoms with Crippen LogP contribution in [0.4, 0.5) is 0 Å². The maximum Gasteiger partial charge on any atom is 0.240 e. The summed E-state index contributed by atoms with van der Waals surface area (Å²) in [6.45, 7) is 0.622. The van der Waals surface area contributed by atoms with E-state index in [4.69, 9.17) is 10.00 Å². The van der Waals surface area contributed by atoms with Crippen molar-refractivity contribution in [1.82, 2.24) is 4.72 Å². The van der Waals surface area contributed by atoms with Gasteiger partial charge in [-0.25, -0.2) is 13.1 Å². The van der Waals surface area contributed by atoms with Gasteiger partial charge < -0.3 is 4.74 Å². The van der Waals surface area contributed by atoms with E-state index in [0.29, 0.717) is 12.2 Å². The molecule has 0 spiro atoms. The highest BCUT2D eigenvalue weighted by molar-refractivity contribution is 7.89. The van der Waals surface area contributed by atoms with E-state index in [1.807, 2.05) is 6.07 Å². The van der Waals surface area contributed by atoms with Gasteiger partial charge in [-0.15, -0.1) is 0 Å². The molecular formula is C14H18N2O3S. The first-order chi connectivity index (χ1) is 9.62. The Morgan fingerprint density at radius 2 is 2.10 bits per heavy atom. The highest BCUT2D eigenvalue weighted by Gasteiger charge is 2.16. The molecule has 0 saturated heterocycles. The van der Waals surface area contributed by atoms with Gasteiger partial charge in [0.15, 0.2) is 0 Å². The number of hydrogen-bond acceptors (Lipinski definition) is 4. The molecule has 0 atom stereocenters. The van der Waals surface area contributed by atoms with Gasteiger partial charge in [0.25, 0.3) is 0 Å². The number of ether oxygens (including phenoxy) is 1. The lowest BCUT2D eigenvalue weighted by atomic mass is 10.2. The normalized spacial score (nSPS) is 16.1. The Morgan fingerprint density at radius 3 is 2.80 bits per heavy atom. The average Bonchev–Trinajstić information content (AvgIpc) is 2.97. The lowest BCUT2D eigenvalue weighted by Crippen LogP contribution is -2.28. The number of nitrogens with zero attached hydrogens (tertiary/aromatic N) is 1. The van der Waals surface area contributed by atoms with Crippen LogP contribution in [0.1, 0.15) is 31.2 Å². The number of nitrogens with one attached hydrogen (secondary N) is 1. The second-order valence-electron chi connectivity index (χ2n) is 4.81. The quantitative estimate of drug-likeness (QED) is 0.811. The maximum absolute atomic E-state index is 12.0. The SMILES string of the molecule is N#Cc1cccc(S(=O)(=O)NCCOC2CCCC2)c1. The Kier molecular flexibility index (Phi) is 5.12. The zero-order valence-corrected chi connectivity index (χ0v) is 12.0. The van der Waals surface area contributed by atoms with E-state index in [9.17, 15) is 8.42 Å². The standard InChI is InChI=1S/C14H18N2O3S/c15-11-12-4-3-7-14(10-12)20(17,18)16-8-9-19-13-5-1-2-6-13/h3-4,7,10,13,16H,1-2,5-6,8-9H2. The van der Waals surface area contributed by atoms with E-state index in [1.165, 1.54) is 25.0 Å². The fourth-order valence-corrected chi connectivity index (χ4v) is 3.33. The first kappa shape index (κ1) is 15.0. The Hall–Kier alpha value is -1.42. The molecule has 1 aromatic carbocycles. The zero-order chi connectivity index (χ0) is 14.4. The lowest BCUT2D eigenvalue weighted by Gasteiger charge is -2.11. The van der Waals surface area contributed by atoms with E-state index in [1.54, 1.807) is 12.1 Å². The van der Waals surface area contributed by atoms with Crippen LogP contribution in [0.2, 0.25) is 0 Å². The van der Waals surface area contributed by atoms with Crippen LogP contribution in [0, 0.1) is 11.3 Å². The van der Waals surface area contributed by atoms with Gasteiger partial charge in [0.05, 0.1) is 29.2 Å². The largest absolute Gasteiger partial charge is 0.377 e. The van der Waals surface area contributed by atoms with Gasteiger partial charge in [-0.1, -0.05) is 18.9 Å². The number of hydrogen-bond donors (Lipinski definition) is 1. The van der Waals surface area contributed by atoms with Crippen LogP contribution in [-0.4, -0.2) is 27.7 Å². The molecule has 5 nitrogen and oxygen atoms in total. The molecule has 1 fully saturated rings. The van der Waals surface area contributed by atoms with E-state index in [2.05, 4.69) is 4.72 Å². The molecule has 20 heavy (non-hydrogen) atoms. The van der Waals surface area contributed by atoms with Gasteiger partial charge in [0.2, 0.25) is 10.0 Å². The van der Waals surface area contributed by atoms with Gasteiger partial charge in [0, 0.05) is 6.54 Å². The molecule has 0 bridgehead atoms. The monoisotopic (exact) mass is 294 g/mol. The second-order valence-corrected chi connectivity index (χ2v) is 6.58. The topological polar surface area (TPSA) is 79.2 Å². The third-order valence-corrected chi connectivity index (χ3v) is 4.78. The summed E-state index contributed by atoms with van der Waals surface area (Å²) < 4.78 is 32.1. The van der Waals surface area contributed by atoms with Crippen molar-refractivity contribution in [2.75, 3.05) is 13.2 Å². The first-order valence-corrected chi connectivity index (χ1v) is 8.21. The van der Waals surface area contributed by atoms with E-state index < -0.39 is 10.0 Å². The number of nitriles is 1. The molecule has 2 rings (SSSR count). The van der Waals surface area contributed by atoms with Crippen molar-refractivity contribution in [3.8, 4) is 6.07 Å². The molecule has 1 saturated carbocycles. The van der Waals surface area contributed by atoms with E-state index >= 15 is 0 Å². The Morgan fingerprint density at radius 1 is 1.35 bits per heavy atom. The third-order valence-electron chi connectivity index (χ3n) is 3.32. The van der Waals surface area contributed by atoms with Crippen LogP contribution >= 0.6 is 0 Å². The van der Waals surface area contributed by atoms with Crippen molar-refractivity contribution in [2.24, 2.45) is 0 Å². The maximum atomic E-state index is 12.0. The fraction of sp³-hybridized carbons (Fsp3) is 0.500. The van der Waals surface area contributed by atoms with Gasteiger partial charge in [-0.05, 0) is 31.0 Å². The summed E-state index contributed by atoms with van der Waals surface area (Å²) in [5.41, 5.74) is 0.329. The summed E-state index contributed by atoms with van der Waals surface area (Å²) in [6, 6.07) is 7.89. The van der Waals surface area contributed by atoms with Gasteiger partial charge >= 0.3 is 0 Å². The van der Waals surface area contributed by atoms with Crippen molar-refractivity contribution in [3.63, 3.8) is 0 Å². The third kappa shape index (κ3) is 4.04. The second kappa shape index (κ2) is 6.84. The Labute approximate surface area is 119 Å². The van der Waals surface area contributed by atoms with Gasteiger partial charge in [-0.3, -0.25) is 0 Å². The van der Waals surface area contributed by atoms with Crippen LogP contribution in [0.25, 0.3) is 0 Å². The van der Waals surface area contributed by atoms with E-state index in [-0.39, 0.29) is 17.5 Å². The van der Waals surface area contributed by atoms with Crippen LogP contribution in [0.3, 0.4) is 0 Å². The first-order valence-electron chi connectivity index (χ1n) is 6.73. The summed E-state index contributed by atoms with van der Waals surface area (Å²) in [4.78, 5) is 0.109. The molecule has 0 radical (unpaired) electrons. The van der Waals surface area contributed by atoms with Crippen molar-refractivity contribution in [3.05, 3.63) is 29.8 Å². The van der Waals surface area contributed by atoms with Crippen LogP contribution in [0.5, 0.6) is 0 Å². The molecule has 0 aromatic heterocycles. The van der Waals surface area contributed by atoms with Gasteiger partial charge in [-0.2, -0.15) is 5.26 Å². The number of rotatable bonds is 6. The molecule has 108 valence electrons. The molecule has 0 aliphatic heterocycles. The Balaban J connectivity index is 1.85. The highest BCUT2D eigenvalue weighted by atomic mass is 32.2. The zero-order valence-electron chi connectivity index (χ0n) is 11.2. The average molecular weight is 294 g/mol. The molecule has 0 heterocycles. The van der Waals surface area contributed by atoms with Gasteiger partial charge in [0.1, 0.15) is 0 Å². The summed E-state index contributed by atoms with van der Waals surface area (Å²) in [7, 11) is -3.57. The number of benzene rings is 1. The molecule has 6 heteroatoms. The molecule has 1 aliphatic carbocycles. The van der Waals surface area contributed by atoms with Crippen LogP contribution in [0.15, 0.2) is 29.2 Å². The Bertz CT molecular complexity index is 587. The minimum atomic E-state index is -3.57. The van der Waals surface area contributed by atoms with Crippen LogP contribution in [-0.2, 0) is 14.8 Å². The summed E-state index contributed by atoms with van der Waals surface area (Å²) in [5, 5.41) is 8.78. The summed E-state index contributed by atoms with van der Waals surface area (Å²) in [5.74, 6) is 0. The lowest BCUT2D eigenvalue weighted by molar-refractivity contribution is 0.0626. The summed E-state index contributed by atoms with van der Waals surface area (Å²) in [6.07, 6.45) is 4.80. The molecule has 1 N–H and O–H groups in total. The number of sulfonamides is 1. The van der Waals surface area contributed by atoms with Crippen molar-refractivity contribution >= 4 is 10.0 Å². The van der Waals surface area contributed by atoms with E-state index in [0.717, 1.165) is 12.8 Å². The molecule has 1 aliphatic rings. The predicted octanol–water partition coefficient (Wildman–Crippen LogP) is 1.80. The predicted molar refractivity (Wildman–Crippen MR) is 74.6 cm³/mol. The molecule has 0 amide bonds. The van der Waals surface area contributed by atoms with Crippen molar-refractivity contribution in [1.29, 1.82) is 5.26 Å². The minimum absolute atomic E-state index is 0.109. The fourth-order valence-electron chi connectivity index (χ4n) is 2.27. The van der Waals surface area contributed by atoms with Crippen molar-refractivity contribution < 1.29 is 13.2 Å². The highest BCUT2D eigenvalue weighted by Crippen LogP contribution is 2.20. The molecule has 1 aromatic rings. The van der Waals surface area contributed by atoms with Crippen molar-refractivity contribution in [2.45, 2.75) is 36.7 Å². The smallest absolute Gasteiger partial charge is 0.240 e. The summed E-state index contributed by atoms with van der Waals surface area (Å²) >= 11 is 0. The van der Waals surface area contributed by atoms with Crippen LogP contribution < -0.4 is 4.72 Å². The minimum Gasteiger partial charge on any atom is -0.377 e.